The second-order valence-corrected chi connectivity index (χ2v) is 14.3. The number of carbonyl (C=O) groups excluding carboxylic acids is 2. The van der Waals surface area contributed by atoms with E-state index in [9.17, 15) is 19.2 Å². The number of allylic oxidation sites excluding steroid dienone is 2. The molecular weight excluding hydrogens is 532 g/mol. The van der Waals surface area contributed by atoms with Crippen LogP contribution in [0.2, 0.25) is 0 Å². The molecule has 2 aliphatic heterocycles. The molecule has 1 aromatic carbocycles. The summed E-state index contributed by atoms with van der Waals surface area (Å²) in [5, 5.41) is 0.879. The zero-order chi connectivity index (χ0) is 29.8. The van der Waals surface area contributed by atoms with Gasteiger partial charge >= 0.3 is 5.97 Å². The maximum Gasteiger partial charge on any atom is 0.302 e. The minimum Gasteiger partial charge on any atom is -0.462 e. The highest BCUT2D eigenvalue weighted by molar-refractivity contribution is 5.82. The molecule has 224 valence electrons. The molecule has 3 unspecified atom stereocenters. The molecule has 9 atom stereocenters. The maximum absolute atomic E-state index is 14.7. The van der Waals surface area contributed by atoms with E-state index in [-0.39, 0.29) is 70.1 Å². The van der Waals surface area contributed by atoms with E-state index in [4.69, 9.17) is 9.47 Å². The SMILES string of the molecule is COCC(=O)[C@@H](C)C1CCC2[C@]1(C)CCC1[C@]23C=C[C@]2(C[C@@H](OC(C)=O)CC[C@]12C)n1c(=O)c2ccccc2c(=O)n13. The Morgan fingerprint density at radius 3 is 2.31 bits per heavy atom. The van der Waals surface area contributed by atoms with E-state index in [1.165, 1.54) is 6.92 Å². The Hall–Kier alpha value is -3.00. The lowest BCUT2D eigenvalue weighted by Crippen LogP contribution is -2.78. The van der Waals surface area contributed by atoms with Gasteiger partial charge in [0.1, 0.15) is 12.7 Å². The van der Waals surface area contributed by atoms with Gasteiger partial charge in [-0.2, -0.15) is 0 Å². The monoisotopic (exact) mass is 574 g/mol. The van der Waals surface area contributed by atoms with Crippen molar-refractivity contribution >= 4 is 22.5 Å². The lowest BCUT2D eigenvalue weighted by molar-refractivity contribution is -0.206. The number of hydrogen-bond acceptors (Lipinski definition) is 6. The molecule has 3 saturated carbocycles. The topological polar surface area (TPSA) is 96.6 Å². The van der Waals surface area contributed by atoms with Crippen molar-refractivity contribution in [3.8, 4) is 0 Å². The molecule has 2 bridgehead atoms. The molecule has 2 aromatic rings. The third-order valence-corrected chi connectivity index (χ3v) is 12.9. The van der Waals surface area contributed by atoms with Gasteiger partial charge in [0.25, 0.3) is 11.1 Å². The fraction of sp³-hybridized carbons (Fsp3) is 0.647. The highest BCUT2D eigenvalue weighted by atomic mass is 16.5. The van der Waals surface area contributed by atoms with Crippen molar-refractivity contribution in [3.63, 3.8) is 0 Å². The number of benzene rings is 1. The number of hydrogen-bond donors (Lipinski definition) is 0. The fourth-order valence-electron chi connectivity index (χ4n) is 11.1. The molecule has 0 radical (unpaired) electrons. The maximum atomic E-state index is 14.7. The number of aromatic nitrogens is 2. The molecule has 2 spiro atoms. The quantitative estimate of drug-likeness (QED) is 0.384. The number of rotatable bonds is 5. The number of nitrogens with zero attached hydrogens (tertiary/aromatic N) is 2. The zero-order valence-electron chi connectivity index (χ0n) is 25.4. The molecule has 42 heavy (non-hydrogen) atoms. The number of esters is 1. The zero-order valence-corrected chi connectivity index (χ0v) is 25.4. The summed E-state index contributed by atoms with van der Waals surface area (Å²) < 4.78 is 14.7. The minimum absolute atomic E-state index is 0.0913. The van der Waals surface area contributed by atoms with Crippen LogP contribution in [0.25, 0.3) is 10.8 Å². The van der Waals surface area contributed by atoms with Crippen LogP contribution in [-0.4, -0.2) is 40.9 Å². The average molecular weight is 575 g/mol. The minimum atomic E-state index is -0.786. The van der Waals surface area contributed by atoms with Gasteiger partial charge in [-0.3, -0.25) is 19.2 Å². The van der Waals surface area contributed by atoms with Crippen molar-refractivity contribution in [1.82, 2.24) is 9.36 Å². The molecule has 8 nitrogen and oxygen atoms in total. The lowest BCUT2D eigenvalue weighted by atomic mass is 9.40. The first-order valence-corrected chi connectivity index (χ1v) is 15.6. The Balaban J connectivity index is 1.50. The van der Waals surface area contributed by atoms with Crippen LogP contribution in [0.15, 0.2) is 46.0 Å². The standard InChI is InChI=1S/C34H42N2O6/c1-20(26(38)19-41-5)25-10-11-27-31(25,3)14-13-28-32(4)15-12-22(42-21(2)37)18-33(32)16-17-34(27,28)36-30(40)24-9-7-6-8-23(24)29(39)35(33)36/h6-9,16-17,20,22,25,27-28H,10-15,18-19H2,1-5H3/t20-,22-,25?,27?,28?,31+,32+,33+,34-/m0/s1. The highest BCUT2D eigenvalue weighted by Gasteiger charge is 2.74. The van der Waals surface area contributed by atoms with Crippen LogP contribution in [0.1, 0.15) is 72.6 Å². The summed E-state index contributed by atoms with van der Waals surface area (Å²) in [5.41, 5.74) is -2.26. The molecule has 3 fully saturated rings. The summed E-state index contributed by atoms with van der Waals surface area (Å²) in [5.74, 6) is 0.0545. The molecule has 0 amide bonds. The van der Waals surface area contributed by atoms with Gasteiger partial charge in [-0.05, 0) is 73.8 Å². The number of methoxy groups -OCH3 is 1. The summed E-state index contributed by atoms with van der Waals surface area (Å²) in [7, 11) is 1.57. The van der Waals surface area contributed by atoms with Crippen molar-refractivity contribution in [3.05, 3.63) is 57.1 Å². The Morgan fingerprint density at radius 2 is 1.64 bits per heavy atom. The van der Waals surface area contributed by atoms with E-state index < -0.39 is 11.1 Å². The van der Waals surface area contributed by atoms with Gasteiger partial charge < -0.3 is 9.47 Å². The van der Waals surface area contributed by atoms with Crippen LogP contribution in [0.3, 0.4) is 0 Å². The predicted octanol–water partition coefficient (Wildman–Crippen LogP) is 4.55. The highest BCUT2D eigenvalue weighted by Crippen LogP contribution is 2.74. The van der Waals surface area contributed by atoms with Gasteiger partial charge in [-0.25, -0.2) is 9.36 Å². The van der Waals surface area contributed by atoms with E-state index >= 15 is 0 Å². The van der Waals surface area contributed by atoms with Crippen molar-refractivity contribution in [1.29, 1.82) is 0 Å². The summed E-state index contributed by atoms with van der Waals surface area (Å²) >= 11 is 0. The number of carbonyl (C=O) groups is 2. The average Bonchev–Trinajstić information content (AvgIpc) is 3.32. The number of fused-ring (bicyclic) bond motifs is 2. The summed E-state index contributed by atoms with van der Waals surface area (Å²) in [4.78, 5) is 54.5. The Bertz CT molecular complexity index is 1660. The van der Waals surface area contributed by atoms with Crippen LogP contribution in [0.4, 0.5) is 0 Å². The van der Waals surface area contributed by atoms with Crippen LogP contribution in [0.5, 0.6) is 0 Å². The molecule has 8 heteroatoms. The predicted molar refractivity (Wildman–Crippen MR) is 158 cm³/mol. The number of Topliss-reactive ketones (excluding diaryl/α,β-unsaturated/α-hetero) is 1. The first-order chi connectivity index (χ1) is 20.0. The summed E-state index contributed by atoms with van der Waals surface area (Å²) in [6.07, 6.45) is 9.83. The Morgan fingerprint density at radius 1 is 0.952 bits per heavy atom. The lowest BCUT2D eigenvalue weighted by Gasteiger charge is -2.72. The van der Waals surface area contributed by atoms with Crippen LogP contribution < -0.4 is 11.1 Å². The largest absolute Gasteiger partial charge is 0.462 e. The Labute approximate surface area is 246 Å². The van der Waals surface area contributed by atoms with E-state index in [0.29, 0.717) is 17.2 Å². The smallest absolute Gasteiger partial charge is 0.302 e. The summed E-state index contributed by atoms with van der Waals surface area (Å²) in [6.45, 7) is 8.23. The van der Waals surface area contributed by atoms with E-state index in [1.807, 2.05) is 28.4 Å². The third kappa shape index (κ3) is 3.17. The first kappa shape index (κ1) is 27.8. The Kier molecular flexibility index (Phi) is 5.96. The molecular formula is C34H42N2O6. The van der Waals surface area contributed by atoms with Gasteiger partial charge in [-0.15, -0.1) is 0 Å². The molecule has 1 aromatic heterocycles. The van der Waals surface area contributed by atoms with Gasteiger partial charge in [0.15, 0.2) is 5.78 Å². The van der Waals surface area contributed by atoms with Gasteiger partial charge in [0, 0.05) is 31.8 Å². The molecule has 0 N–H and O–H groups in total. The van der Waals surface area contributed by atoms with Gasteiger partial charge in [-0.1, -0.05) is 45.1 Å². The van der Waals surface area contributed by atoms with E-state index in [2.05, 4.69) is 26.0 Å². The van der Waals surface area contributed by atoms with E-state index in [1.54, 1.807) is 19.2 Å². The van der Waals surface area contributed by atoms with Crippen molar-refractivity contribution < 1.29 is 19.1 Å². The molecule has 4 aliphatic carbocycles. The van der Waals surface area contributed by atoms with E-state index in [0.717, 1.165) is 38.5 Å². The van der Waals surface area contributed by atoms with Crippen LogP contribution >= 0.6 is 0 Å². The van der Waals surface area contributed by atoms with Crippen molar-refractivity contribution in [2.75, 3.05) is 13.7 Å². The first-order valence-electron chi connectivity index (χ1n) is 15.6. The molecule has 3 heterocycles. The molecule has 0 saturated heterocycles. The van der Waals surface area contributed by atoms with Crippen molar-refractivity contribution in [2.24, 2.45) is 34.5 Å². The normalized spacial score (nSPS) is 40.1. The van der Waals surface area contributed by atoms with Crippen LogP contribution in [-0.2, 0) is 30.1 Å². The number of ether oxygens (including phenoxy) is 2. The molecule has 8 rings (SSSR count). The fourth-order valence-corrected chi connectivity index (χ4v) is 11.1. The van der Waals surface area contributed by atoms with Gasteiger partial charge in [0.2, 0.25) is 0 Å². The number of ketones is 1. The molecule has 6 aliphatic rings. The van der Waals surface area contributed by atoms with Gasteiger partial charge in [0.05, 0.1) is 21.9 Å². The van der Waals surface area contributed by atoms with Crippen molar-refractivity contribution in [2.45, 2.75) is 89.8 Å². The third-order valence-electron chi connectivity index (χ3n) is 12.9. The second-order valence-electron chi connectivity index (χ2n) is 14.3. The second kappa shape index (κ2) is 9.01. The van der Waals surface area contributed by atoms with Crippen LogP contribution in [0, 0.1) is 34.5 Å². The summed E-state index contributed by atoms with van der Waals surface area (Å²) in [6, 6.07) is 7.17.